The maximum absolute atomic E-state index is 12.5. The van der Waals surface area contributed by atoms with E-state index in [9.17, 15) is 4.57 Å². The average Bonchev–Trinajstić information content (AvgIpc) is 2.89. The fourth-order valence-corrected chi connectivity index (χ4v) is 6.27. The van der Waals surface area contributed by atoms with Crippen LogP contribution in [-0.2, 0) is 26.6 Å². The topological polar surface area (TPSA) is 70.8 Å². The third kappa shape index (κ3) is 10.3. The maximum Gasteiger partial charge on any atom is 0.353 e. The van der Waals surface area contributed by atoms with Gasteiger partial charge in [-0.3, -0.25) is 4.57 Å². The highest BCUT2D eigenvalue weighted by molar-refractivity contribution is 7.99. The lowest BCUT2D eigenvalue weighted by Gasteiger charge is -2.14. The van der Waals surface area contributed by atoms with Crippen LogP contribution in [0, 0.1) is 0 Å². The van der Waals surface area contributed by atoms with Crippen molar-refractivity contribution in [3.8, 4) is 5.75 Å². The first-order valence-corrected chi connectivity index (χ1v) is 15.3. The number of ether oxygens (including phenoxy) is 1. The van der Waals surface area contributed by atoms with E-state index in [-0.39, 0.29) is 6.04 Å². The van der Waals surface area contributed by atoms with Gasteiger partial charge in [-0.2, -0.15) is 0 Å². The second-order valence-electron chi connectivity index (χ2n) is 8.38. The molecule has 5 nitrogen and oxygen atoms in total. The Morgan fingerprint density at radius 3 is 2.41 bits per heavy atom. The molecule has 0 aliphatic rings. The van der Waals surface area contributed by atoms with E-state index < -0.39 is 7.60 Å². The largest absolute Gasteiger partial charge is 0.489 e. The van der Waals surface area contributed by atoms with E-state index in [1.165, 1.54) is 5.82 Å². The van der Waals surface area contributed by atoms with Gasteiger partial charge in [-0.1, -0.05) is 71.9 Å². The Morgan fingerprint density at radius 1 is 0.973 bits per heavy atom. The fraction of sp³-hybridized carbons (Fsp3) is 0.310. The van der Waals surface area contributed by atoms with Crippen molar-refractivity contribution in [2.75, 3.05) is 13.2 Å². The molecule has 0 heterocycles. The molecule has 0 aromatic heterocycles. The van der Waals surface area contributed by atoms with Crippen LogP contribution in [0.25, 0.3) is 0 Å². The third-order valence-corrected chi connectivity index (χ3v) is 8.54. The number of hydrogen-bond acceptors (Lipinski definition) is 6. The molecule has 0 saturated carbocycles. The van der Waals surface area contributed by atoms with Crippen LogP contribution >= 0.6 is 31.0 Å². The summed E-state index contributed by atoms with van der Waals surface area (Å²) >= 11 is 8.25. The van der Waals surface area contributed by atoms with Crippen LogP contribution in [0.2, 0.25) is 5.02 Å². The van der Waals surface area contributed by atoms with Crippen LogP contribution in [0.5, 0.6) is 5.75 Å². The van der Waals surface area contributed by atoms with E-state index in [1.54, 1.807) is 31.7 Å². The molecule has 0 amide bonds. The van der Waals surface area contributed by atoms with Crippen LogP contribution in [0.3, 0.4) is 0 Å². The zero-order valence-electron chi connectivity index (χ0n) is 21.3. The van der Waals surface area contributed by atoms with E-state index in [0.29, 0.717) is 19.8 Å². The van der Waals surface area contributed by atoms with Crippen LogP contribution in [0.4, 0.5) is 0 Å². The van der Waals surface area contributed by atoms with Crippen LogP contribution in [0.1, 0.15) is 37.8 Å². The summed E-state index contributed by atoms with van der Waals surface area (Å²) in [5.74, 6) is 2.31. The number of nitrogens with two attached hydrogens (primary N) is 1. The quantitative estimate of drug-likeness (QED) is 0.188. The predicted octanol–water partition coefficient (Wildman–Crippen LogP) is 8.50. The Hall–Kier alpha value is -2.05. The molecule has 0 radical (unpaired) electrons. The van der Waals surface area contributed by atoms with Gasteiger partial charge >= 0.3 is 7.60 Å². The molecule has 0 saturated heterocycles. The lowest BCUT2D eigenvalue weighted by atomic mass is 10.1. The maximum atomic E-state index is 12.5. The second-order valence-corrected chi connectivity index (χ2v) is 11.8. The standard InChI is InChI=1S/C29H35ClNO4PS/c1-3-34-36(32,35-4-2)19-18-25(31)13-8-12-24-16-17-28(21-29(24)30)37-27-15-9-14-26(20-27)33-22-23-10-6-5-7-11-23/h5-7,9-11,14-21,25H,3-4,8,12-13,22,31H2,1-2H3/b19-18+. The van der Waals surface area contributed by atoms with E-state index in [0.717, 1.165) is 51.0 Å². The highest BCUT2D eigenvalue weighted by Crippen LogP contribution is 2.49. The van der Waals surface area contributed by atoms with Gasteiger partial charge in [0.2, 0.25) is 0 Å². The molecular weight excluding hydrogens is 525 g/mol. The molecule has 0 spiro atoms. The molecule has 198 valence electrons. The normalized spacial score (nSPS) is 12.6. The first kappa shape index (κ1) is 29.5. The van der Waals surface area contributed by atoms with Crippen molar-refractivity contribution in [2.24, 2.45) is 5.73 Å². The molecule has 1 unspecified atom stereocenters. The average molecular weight is 560 g/mol. The molecule has 8 heteroatoms. The van der Waals surface area contributed by atoms with Gasteiger partial charge < -0.3 is 19.5 Å². The van der Waals surface area contributed by atoms with Crippen molar-refractivity contribution in [2.45, 2.75) is 55.5 Å². The summed E-state index contributed by atoms with van der Waals surface area (Å²) < 4.78 is 29.0. The van der Waals surface area contributed by atoms with Crippen molar-refractivity contribution >= 4 is 31.0 Å². The molecule has 2 N–H and O–H groups in total. The summed E-state index contributed by atoms with van der Waals surface area (Å²) in [5, 5.41) is 0.739. The van der Waals surface area contributed by atoms with Crippen molar-refractivity contribution in [3.63, 3.8) is 0 Å². The lowest BCUT2D eigenvalue weighted by molar-refractivity contribution is 0.228. The molecule has 3 aromatic rings. The van der Waals surface area contributed by atoms with E-state index in [2.05, 4.69) is 30.3 Å². The summed E-state index contributed by atoms with van der Waals surface area (Å²) in [6, 6.07) is 24.1. The molecule has 37 heavy (non-hydrogen) atoms. The number of hydrogen-bond donors (Lipinski definition) is 1. The first-order valence-electron chi connectivity index (χ1n) is 12.5. The molecule has 0 aliphatic heterocycles. The Labute approximate surface area is 229 Å². The minimum atomic E-state index is -3.22. The monoisotopic (exact) mass is 559 g/mol. The number of benzene rings is 3. The molecular formula is C29H35ClNO4PS. The van der Waals surface area contributed by atoms with E-state index in [4.69, 9.17) is 31.1 Å². The van der Waals surface area contributed by atoms with Gasteiger partial charge in [0.05, 0.1) is 13.2 Å². The second kappa shape index (κ2) is 15.4. The van der Waals surface area contributed by atoms with Crippen LogP contribution in [0.15, 0.2) is 94.5 Å². The third-order valence-electron chi connectivity index (χ3n) is 5.43. The fourth-order valence-electron chi connectivity index (χ4n) is 3.62. The number of rotatable bonds is 15. The molecule has 0 aliphatic carbocycles. The summed E-state index contributed by atoms with van der Waals surface area (Å²) in [6.45, 7) is 4.73. The Balaban J connectivity index is 1.50. The van der Waals surface area contributed by atoms with Crippen LogP contribution < -0.4 is 10.5 Å². The van der Waals surface area contributed by atoms with Gasteiger partial charge in [0, 0.05) is 26.7 Å². The Morgan fingerprint density at radius 2 is 1.70 bits per heavy atom. The minimum Gasteiger partial charge on any atom is -0.489 e. The van der Waals surface area contributed by atoms with E-state index >= 15 is 0 Å². The SMILES string of the molecule is CCOP(=O)(/C=C/C(N)CCCc1ccc(Sc2cccc(OCc3ccccc3)c2)cc1Cl)OCC. The number of aryl methyl sites for hydroxylation is 1. The smallest absolute Gasteiger partial charge is 0.353 e. The molecule has 3 rings (SSSR count). The molecule has 1 atom stereocenters. The van der Waals surface area contributed by atoms with Gasteiger partial charge in [-0.15, -0.1) is 0 Å². The van der Waals surface area contributed by atoms with Crippen molar-refractivity contribution in [1.29, 1.82) is 0 Å². The summed E-state index contributed by atoms with van der Waals surface area (Å²) in [5.41, 5.74) is 8.40. The highest BCUT2D eigenvalue weighted by atomic mass is 35.5. The van der Waals surface area contributed by atoms with Gasteiger partial charge in [-0.25, -0.2) is 0 Å². The first-order chi connectivity index (χ1) is 17.9. The summed E-state index contributed by atoms with van der Waals surface area (Å²) in [4.78, 5) is 2.15. The van der Waals surface area contributed by atoms with Crippen molar-refractivity contribution in [1.82, 2.24) is 0 Å². The molecule has 0 fully saturated rings. The lowest BCUT2D eigenvalue weighted by Crippen LogP contribution is -2.16. The number of halogens is 1. The van der Waals surface area contributed by atoms with Gasteiger partial charge in [0.25, 0.3) is 0 Å². The van der Waals surface area contributed by atoms with Gasteiger partial charge in [0.1, 0.15) is 12.4 Å². The zero-order chi connectivity index (χ0) is 26.5. The summed E-state index contributed by atoms with van der Waals surface area (Å²) in [6.07, 6.45) is 4.11. The van der Waals surface area contributed by atoms with E-state index in [1.807, 2.05) is 42.5 Å². The Bertz CT molecular complexity index is 1180. The van der Waals surface area contributed by atoms with Gasteiger partial charge in [0.15, 0.2) is 0 Å². The highest BCUT2D eigenvalue weighted by Gasteiger charge is 2.19. The van der Waals surface area contributed by atoms with Gasteiger partial charge in [-0.05, 0) is 74.6 Å². The Kier molecular flexibility index (Phi) is 12.3. The molecule has 3 aromatic carbocycles. The van der Waals surface area contributed by atoms with Crippen molar-refractivity contribution < 1.29 is 18.3 Å². The predicted molar refractivity (Wildman–Crippen MR) is 154 cm³/mol. The zero-order valence-corrected chi connectivity index (χ0v) is 23.8. The van der Waals surface area contributed by atoms with Crippen molar-refractivity contribution in [3.05, 3.63) is 101 Å². The summed E-state index contributed by atoms with van der Waals surface area (Å²) in [7, 11) is -3.22. The molecule has 0 bridgehead atoms. The van der Waals surface area contributed by atoms with Crippen LogP contribution in [-0.4, -0.2) is 19.3 Å². The minimum absolute atomic E-state index is 0.237.